The smallest absolute Gasteiger partial charge is 0.305 e. The molecule has 0 aromatic heterocycles. The van der Waals surface area contributed by atoms with Gasteiger partial charge < -0.3 is 4.74 Å². The van der Waals surface area contributed by atoms with E-state index in [-0.39, 0.29) is 22.9 Å². The molecule has 6 unspecified atom stereocenters. The number of fused-ring (bicyclic) bond motifs is 1. The summed E-state index contributed by atoms with van der Waals surface area (Å²) in [4.78, 5) is 16.3. The lowest BCUT2D eigenvalue weighted by Crippen LogP contribution is -2.51. The van der Waals surface area contributed by atoms with Gasteiger partial charge in [-0.3, -0.25) is 10.1 Å². The lowest BCUT2D eigenvalue weighted by Gasteiger charge is -2.58. The quantitative estimate of drug-likeness (QED) is 0.308. The lowest BCUT2D eigenvalue weighted by molar-refractivity contribution is -0.276. The van der Waals surface area contributed by atoms with Gasteiger partial charge in [-0.25, -0.2) is 4.89 Å². The number of esters is 1. The third-order valence-electron chi connectivity index (χ3n) is 7.65. The molecule has 2 rings (SSSR count). The SMILES string of the molecule is COC(=O)CC(C)CCC1(C)C(C)CCC2(C)C(C)=CC(OO)CC21. The Balaban J connectivity index is 2.18. The summed E-state index contributed by atoms with van der Waals surface area (Å²) in [5.41, 5.74) is 1.72. The number of carbonyl (C=O) groups is 1. The first-order valence-electron chi connectivity index (χ1n) is 9.73. The highest BCUT2D eigenvalue weighted by atomic mass is 17.1. The van der Waals surface area contributed by atoms with E-state index in [1.807, 2.05) is 0 Å². The van der Waals surface area contributed by atoms with Crippen LogP contribution in [0.2, 0.25) is 0 Å². The summed E-state index contributed by atoms with van der Waals surface area (Å²) in [5, 5.41) is 9.27. The Hall–Kier alpha value is -0.870. The molecule has 6 atom stereocenters. The van der Waals surface area contributed by atoms with E-state index < -0.39 is 0 Å². The van der Waals surface area contributed by atoms with Crippen molar-refractivity contribution in [1.29, 1.82) is 0 Å². The third-order valence-corrected chi connectivity index (χ3v) is 7.65. The van der Waals surface area contributed by atoms with E-state index in [9.17, 15) is 10.1 Å². The van der Waals surface area contributed by atoms with Gasteiger partial charge in [0.05, 0.1) is 7.11 Å². The first-order chi connectivity index (χ1) is 11.7. The number of rotatable bonds is 6. The maximum atomic E-state index is 11.5. The zero-order chi connectivity index (χ0) is 18.8. The van der Waals surface area contributed by atoms with Gasteiger partial charge in [-0.2, -0.15) is 0 Å². The molecule has 0 heterocycles. The normalized spacial score (nSPS) is 39.3. The Kier molecular flexibility index (Phi) is 6.37. The van der Waals surface area contributed by atoms with Crippen molar-refractivity contribution in [3.05, 3.63) is 11.6 Å². The van der Waals surface area contributed by atoms with Gasteiger partial charge in [-0.15, -0.1) is 0 Å². The van der Waals surface area contributed by atoms with Crippen molar-refractivity contribution in [2.45, 2.75) is 79.2 Å². The molecule has 4 nitrogen and oxygen atoms in total. The summed E-state index contributed by atoms with van der Waals surface area (Å²) in [6, 6.07) is 0. The van der Waals surface area contributed by atoms with Crippen LogP contribution in [0.1, 0.15) is 73.1 Å². The molecule has 0 amide bonds. The van der Waals surface area contributed by atoms with Gasteiger partial charge in [0.1, 0.15) is 6.10 Å². The average Bonchev–Trinajstić information content (AvgIpc) is 2.58. The fraction of sp³-hybridized carbons (Fsp3) is 0.857. The molecular weight excluding hydrogens is 316 g/mol. The van der Waals surface area contributed by atoms with Crippen molar-refractivity contribution < 1.29 is 19.7 Å². The number of hydrogen-bond acceptors (Lipinski definition) is 4. The second-order valence-electron chi connectivity index (χ2n) is 9.07. The van der Waals surface area contributed by atoms with Crippen LogP contribution in [0.5, 0.6) is 0 Å². The predicted octanol–water partition coefficient (Wildman–Crippen LogP) is 5.23. The van der Waals surface area contributed by atoms with Crippen molar-refractivity contribution in [3.63, 3.8) is 0 Å². The number of ether oxygens (including phenoxy) is 1. The number of carbonyl (C=O) groups excluding carboxylic acids is 1. The Labute approximate surface area is 152 Å². The highest BCUT2D eigenvalue weighted by Crippen LogP contribution is 2.62. The zero-order valence-electron chi connectivity index (χ0n) is 16.8. The van der Waals surface area contributed by atoms with Crippen molar-refractivity contribution in [1.82, 2.24) is 0 Å². The molecule has 0 aromatic carbocycles. The number of allylic oxidation sites excluding steroid dienone is 1. The second kappa shape index (κ2) is 7.79. The van der Waals surface area contributed by atoms with Crippen molar-refractivity contribution in [2.24, 2.45) is 28.6 Å². The summed E-state index contributed by atoms with van der Waals surface area (Å²) in [5.74, 6) is 1.32. The van der Waals surface area contributed by atoms with E-state index in [2.05, 4.69) is 40.7 Å². The molecule has 4 heteroatoms. The molecule has 144 valence electrons. The van der Waals surface area contributed by atoms with Crippen molar-refractivity contribution in [2.75, 3.05) is 7.11 Å². The Morgan fingerprint density at radius 2 is 2.12 bits per heavy atom. The molecule has 2 aliphatic carbocycles. The van der Waals surface area contributed by atoms with Gasteiger partial charge in [0.15, 0.2) is 0 Å². The maximum absolute atomic E-state index is 11.5. The molecule has 2 aliphatic rings. The monoisotopic (exact) mass is 352 g/mol. The van der Waals surface area contributed by atoms with Crippen LogP contribution >= 0.6 is 0 Å². The molecule has 0 aromatic rings. The van der Waals surface area contributed by atoms with E-state index in [0.29, 0.717) is 24.2 Å². The van der Waals surface area contributed by atoms with Crippen LogP contribution in [0.25, 0.3) is 0 Å². The number of methoxy groups -OCH3 is 1. The first-order valence-corrected chi connectivity index (χ1v) is 9.73. The minimum atomic E-state index is -0.199. The van der Waals surface area contributed by atoms with Gasteiger partial charge >= 0.3 is 5.97 Å². The Morgan fingerprint density at radius 1 is 1.44 bits per heavy atom. The lowest BCUT2D eigenvalue weighted by atomic mass is 9.46. The summed E-state index contributed by atoms with van der Waals surface area (Å²) < 4.78 is 4.81. The number of hydrogen-bond donors (Lipinski definition) is 1. The van der Waals surface area contributed by atoms with Gasteiger partial charge in [0, 0.05) is 6.42 Å². The molecule has 0 bridgehead atoms. The first kappa shape index (κ1) is 20.4. The summed E-state index contributed by atoms with van der Waals surface area (Å²) >= 11 is 0. The van der Waals surface area contributed by atoms with Crippen LogP contribution < -0.4 is 0 Å². The molecule has 1 saturated carbocycles. The largest absolute Gasteiger partial charge is 0.469 e. The molecule has 0 radical (unpaired) electrons. The topological polar surface area (TPSA) is 55.8 Å². The highest BCUT2D eigenvalue weighted by molar-refractivity contribution is 5.69. The van der Waals surface area contributed by atoms with Crippen LogP contribution in [0.4, 0.5) is 0 Å². The van der Waals surface area contributed by atoms with Crippen LogP contribution in [0, 0.1) is 28.6 Å². The maximum Gasteiger partial charge on any atom is 0.305 e. The minimum Gasteiger partial charge on any atom is -0.469 e. The van der Waals surface area contributed by atoms with E-state index in [4.69, 9.17) is 9.62 Å². The van der Waals surface area contributed by atoms with E-state index in [0.717, 1.165) is 19.3 Å². The van der Waals surface area contributed by atoms with Gasteiger partial charge in [0.2, 0.25) is 0 Å². The summed E-state index contributed by atoms with van der Waals surface area (Å²) in [7, 11) is 1.46. The molecule has 25 heavy (non-hydrogen) atoms. The van der Waals surface area contributed by atoms with Crippen LogP contribution in [0.3, 0.4) is 0 Å². The molecule has 1 N–H and O–H groups in total. The van der Waals surface area contributed by atoms with Gasteiger partial charge in [0.25, 0.3) is 0 Å². The third kappa shape index (κ3) is 3.95. The Morgan fingerprint density at radius 3 is 2.72 bits per heavy atom. The van der Waals surface area contributed by atoms with Crippen molar-refractivity contribution in [3.8, 4) is 0 Å². The fourth-order valence-corrected chi connectivity index (χ4v) is 5.38. The zero-order valence-corrected chi connectivity index (χ0v) is 16.8. The van der Waals surface area contributed by atoms with Crippen LogP contribution in [0.15, 0.2) is 11.6 Å². The van der Waals surface area contributed by atoms with E-state index in [1.165, 1.54) is 25.5 Å². The minimum absolute atomic E-state index is 0.121. The second-order valence-corrected chi connectivity index (χ2v) is 9.07. The average molecular weight is 353 g/mol. The predicted molar refractivity (Wildman–Crippen MR) is 99.0 cm³/mol. The summed E-state index contributed by atoms with van der Waals surface area (Å²) in [6.07, 6.45) is 7.81. The Bertz CT molecular complexity index is 514. The fourth-order valence-electron chi connectivity index (χ4n) is 5.38. The van der Waals surface area contributed by atoms with Gasteiger partial charge in [-0.05, 0) is 67.6 Å². The van der Waals surface area contributed by atoms with E-state index >= 15 is 0 Å². The molecule has 0 aliphatic heterocycles. The van der Waals surface area contributed by atoms with E-state index in [1.54, 1.807) is 0 Å². The van der Waals surface area contributed by atoms with Gasteiger partial charge in [-0.1, -0.05) is 39.3 Å². The summed E-state index contributed by atoms with van der Waals surface area (Å²) in [6.45, 7) is 11.5. The molecule has 1 fully saturated rings. The standard InChI is InChI=1S/C21H36O4/c1-14(11-19(22)24-6)7-9-20(4)15(2)8-10-21(5)16(3)12-17(25-23)13-18(20)21/h12,14-15,17-18,23H,7-11,13H2,1-6H3. The molecule has 0 spiro atoms. The van der Waals surface area contributed by atoms with Crippen molar-refractivity contribution >= 4 is 5.97 Å². The molecule has 0 saturated heterocycles. The molecular formula is C21H36O4. The van der Waals surface area contributed by atoms with Crippen LogP contribution in [-0.2, 0) is 14.4 Å². The van der Waals surface area contributed by atoms with Crippen LogP contribution in [-0.4, -0.2) is 24.4 Å². The highest BCUT2D eigenvalue weighted by Gasteiger charge is 2.54.